The molecule has 0 unspecified atom stereocenters. The van der Waals surface area contributed by atoms with E-state index in [9.17, 15) is 9.18 Å². The molecule has 0 aliphatic heterocycles. The number of benzene rings is 1. The molecule has 0 aliphatic rings. The second-order valence-electron chi connectivity index (χ2n) is 3.68. The second kappa shape index (κ2) is 4.83. The molecule has 4 nitrogen and oxygen atoms in total. The van der Waals surface area contributed by atoms with Gasteiger partial charge in [-0.1, -0.05) is 6.07 Å². The molecule has 0 bridgehead atoms. The van der Waals surface area contributed by atoms with Gasteiger partial charge in [0, 0.05) is 5.56 Å². The van der Waals surface area contributed by atoms with Crippen molar-refractivity contribution in [2.24, 2.45) is 0 Å². The summed E-state index contributed by atoms with van der Waals surface area (Å²) in [4.78, 5) is 15.4. The summed E-state index contributed by atoms with van der Waals surface area (Å²) in [6, 6.07) is 4.13. The minimum Gasteiger partial charge on any atom is -0.476 e. The molecule has 0 aliphatic carbocycles. The number of carbonyl (C=O) groups is 1. The Bertz CT molecular complexity index is 609. The smallest absolute Gasteiger partial charge is 0.356 e. The van der Waals surface area contributed by atoms with Crippen molar-refractivity contribution in [2.75, 3.05) is 0 Å². The van der Waals surface area contributed by atoms with Gasteiger partial charge in [0.15, 0.2) is 5.69 Å². The van der Waals surface area contributed by atoms with Gasteiger partial charge in [-0.15, -0.1) is 11.3 Å². The maximum Gasteiger partial charge on any atom is 0.356 e. The summed E-state index contributed by atoms with van der Waals surface area (Å²) in [5, 5.41) is 18.7. The predicted molar refractivity (Wildman–Crippen MR) is 65.1 cm³/mol. The standard InChI is InChI=1S/C12H10FNO3S/c1-6-14-10(12(16)17)11(18-6)7-2-3-9(13)8(4-7)5-15/h2-4,15H,5H2,1H3,(H,16,17). The number of carboxylic acid groups (broad SMARTS) is 1. The van der Waals surface area contributed by atoms with Crippen LogP contribution in [0, 0.1) is 12.7 Å². The van der Waals surface area contributed by atoms with Gasteiger partial charge in [-0.25, -0.2) is 14.2 Å². The molecule has 2 N–H and O–H groups in total. The van der Waals surface area contributed by atoms with Gasteiger partial charge in [0.2, 0.25) is 0 Å². The van der Waals surface area contributed by atoms with Gasteiger partial charge in [-0.05, 0) is 24.6 Å². The lowest BCUT2D eigenvalue weighted by Gasteiger charge is -2.03. The number of hydrogen-bond acceptors (Lipinski definition) is 4. The fourth-order valence-corrected chi connectivity index (χ4v) is 2.51. The average molecular weight is 267 g/mol. The number of hydrogen-bond donors (Lipinski definition) is 2. The highest BCUT2D eigenvalue weighted by molar-refractivity contribution is 7.15. The fourth-order valence-electron chi connectivity index (χ4n) is 1.60. The lowest BCUT2D eigenvalue weighted by Crippen LogP contribution is -1.99. The van der Waals surface area contributed by atoms with Crippen LogP contribution < -0.4 is 0 Å². The summed E-state index contributed by atoms with van der Waals surface area (Å²) in [7, 11) is 0. The predicted octanol–water partition coefficient (Wildman–Crippen LogP) is 2.45. The van der Waals surface area contributed by atoms with E-state index in [4.69, 9.17) is 10.2 Å². The number of halogens is 1. The summed E-state index contributed by atoms with van der Waals surface area (Å²) in [5.74, 6) is -1.64. The SMILES string of the molecule is Cc1nc(C(=O)O)c(-c2ccc(F)c(CO)c2)s1. The fraction of sp³-hybridized carbons (Fsp3) is 0.167. The molecule has 18 heavy (non-hydrogen) atoms. The monoisotopic (exact) mass is 267 g/mol. The minimum atomic E-state index is -1.12. The molecule has 2 rings (SSSR count). The zero-order chi connectivity index (χ0) is 13.3. The number of nitrogens with zero attached hydrogens (tertiary/aromatic N) is 1. The zero-order valence-electron chi connectivity index (χ0n) is 9.48. The summed E-state index contributed by atoms with van der Waals surface area (Å²) < 4.78 is 13.3. The Labute approximate surface area is 106 Å². The largest absolute Gasteiger partial charge is 0.476 e. The van der Waals surface area contributed by atoms with E-state index in [1.165, 1.54) is 29.5 Å². The molecule has 0 spiro atoms. The van der Waals surface area contributed by atoms with Crippen LogP contribution in [0.15, 0.2) is 18.2 Å². The summed E-state index contributed by atoms with van der Waals surface area (Å²) >= 11 is 1.22. The highest BCUT2D eigenvalue weighted by Crippen LogP contribution is 2.31. The van der Waals surface area contributed by atoms with E-state index >= 15 is 0 Å². The summed E-state index contributed by atoms with van der Waals surface area (Å²) in [6.07, 6.45) is 0. The Balaban J connectivity index is 2.58. The van der Waals surface area contributed by atoms with Crippen molar-refractivity contribution in [1.29, 1.82) is 0 Å². The molecule has 94 valence electrons. The third-order valence-corrected chi connectivity index (χ3v) is 3.43. The number of aryl methyl sites for hydroxylation is 1. The third-order valence-electron chi connectivity index (χ3n) is 2.41. The van der Waals surface area contributed by atoms with Crippen molar-refractivity contribution in [1.82, 2.24) is 4.98 Å². The van der Waals surface area contributed by atoms with Crippen molar-refractivity contribution in [3.8, 4) is 10.4 Å². The normalized spacial score (nSPS) is 10.6. The van der Waals surface area contributed by atoms with E-state index in [0.29, 0.717) is 15.4 Å². The Morgan fingerprint density at radius 2 is 2.22 bits per heavy atom. The van der Waals surface area contributed by atoms with E-state index in [0.717, 1.165) is 0 Å². The van der Waals surface area contributed by atoms with Gasteiger partial charge in [0.1, 0.15) is 5.82 Å². The molecule has 0 amide bonds. The van der Waals surface area contributed by atoms with Gasteiger partial charge in [0.25, 0.3) is 0 Å². The van der Waals surface area contributed by atoms with Crippen molar-refractivity contribution in [3.05, 3.63) is 40.3 Å². The van der Waals surface area contributed by atoms with Crippen LogP contribution in [0.25, 0.3) is 10.4 Å². The highest BCUT2D eigenvalue weighted by atomic mass is 32.1. The van der Waals surface area contributed by atoms with Gasteiger partial charge >= 0.3 is 5.97 Å². The Morgan fingerprint density at radius 1 is 1.50 bits per heavy atom. The molecular formula is C12H10FNO3S. The first kappa shape index (κ1) is 12.7. The van der Waals surface area contributed by atoms with E-state index in [1.54, 1.807) is 6.92 Å². The van der Waals surface area contributed by atoms with Crippen LogP contribution in [0.4, 0.5) is 4.39 Å². The van der Waals surface area contributed by atoms with Crippen molar-refractivity contribution in [2.45, 2.75) is 13.5 Å². The Morgan fingerprint density at radius 3 is 2.83 bits per heavy atom. The molecule has 1 aromatic carbocycles. The number of aromatic carboxylic acids is 1. The van der Waals surface area contributed by atoms with Crippen LogP contribution in [-0.2, 0) is 6.61 Å². The lowest BCUT2D eigenvalue weighted by molar-refractivity contribution is 0.0692. The molecule has 1 aromatic heterocycles. The van der Waals surface area contributed by atoms with Crippen molar-refractivity contribution >= 4 is 17.3 Å². The number of aliphatic hydroxyl groups is 1. The lowest BCUT2D eigenvalue weighted by atomic mass is 10.1. The summed E-state index contributed by atoms with van der Waals surface area (Å²) in [6.45, 7) is 1.27. The number of aromatic nitrogens is 1. The topological polar surface area (TPSA) is 70.4 Å². The molecule has 0 saturated carbocycles. The van der Waals surface area contributed by atoms with E-state index in [-0.39, 0.29) is 11.3 Å². The molecule has 6 heteroatoms. The van der Waals surface area contributed by atoms with E-state index in [1.807, 2.05) is 0 Å². The molecule has 1 heterocycles. The molecule has 0 saturated heterocycles. The summed E-state index contributed by atoms with van der Waals surface area (Å²) in [5.41, 5.74) is 0.631. The van der Waals surface area contributed by atoms with Gasteiger partial charge < -0.3 is 10.2 Å². The first-order valence-electron chi connectivity index (χ1n) is 5.13. The van der Waals surface area contributed by atoms with Crippen LogP contribution in [0.2, 0.25) is 0 Å². The van der Waals surface area contributed by atoms with Gasteiger partial charge in [-0.2, -0.15) is 0 Å². The maximum atomic E-state index is 13.3. The second-order valence-corrected chi connectivity index (χ2v) is 4.88. The molecule has 0 fully saturated rings. The van der Waals surface area contributed by atoms with Crippen LogP contribution in [0.3, 0.4) is 0 Å². The first-order chi connectivity index (χ1) is 8.52. The Hall–Kier alpha value is -1.79. The Kier molecular flexibility index (Phi) is 3.40. The van der Waals surface area contributed by atoms with E-state index in [2.05, 4.69) is 4.98 Å². The minimum absolute atomic E-state index is 0.0482. The highest BCUT2D eigenvalue weighted by Gasteiger charge is 2.18. The number of carboxylic acids is 1. The first-order valence-corrected chi connectivity index (χ1v) is 5.95. The van der Waals surface area contributed by atoms with Crippen LogP contribution in [-0.4, -0.2) is 21.2 Å². The molecule has 2 aromatic rings. The van der Waals surface area contributed by atoms with Crippen LogP contribution in [0.5, 0.6) is 0 Å². The van der Waals surface area contributed by atoms with Crippen LogP contribution >= 0.6 is 11.3 Å². The maximum absolute atomic E-state index is 13.3. The number of rotatable bonds is 3. The molecule has 0 radical (unpaired) electrons. The van der Waals surface area contributed by atoms with Gasteiger partial charge in [0.05, 0.1) is 16.5 Å². The van der Waals surface area contributed by atoms with Crippen molar-refractivity contribution < 1.29 is 19.4 Å². The van der Waals surface area contributed by atoms with Crippen molar-refractivity contribution in [3.63, 3.8) is 0 Å². The number of aliphatic hydroxyl groups excluding tert-OH is 1. The number of thiazole rings is 1. The van der Waals surface area contributed by atoms with Gasteiger partial charge in [-0.3, -0.25) is 0 Å². The third kappa shape index (κ3) is 2.25. The van der Waals surface area contributed by atoms with Crippen LogP contribution in [0.1, 0.15) is 21.1 Å². The average Bonchev–Trinajstić information content (AvgIpc) is 2.72. The molecule has 0 atom stereocenters. The quantitative estimate of drug-likeness (QED) is 0.896. The zero-order valence-corrected chi connectivity index (χ0v) is 10.3. The van der Waals surface area contributed by atoms with E-state index < -0.39 is 18.4 Å². The molecular weight excluding hydrogens is 257 g/mol.